The molecule has 2 aromatic carbocycles. The molecule has 3 aromatic rings. The first-order chi connectivity index (χ1) is 15.6. The van der Waals surface area contributed by atoms with Gasteiger partial charge in [-0.15, -0.1) is 0 Å². The predicted molar refractivity (Wildman–Crippen MR) is 125 cm³/mol. The zero-order valence-electron chi connectivity index (χ0n) is 18.1. The average Bonchev–Trinajstić information content (AvgIpc) is 3.20. The number of hydrogen-bond acceptors (Lipinski definition) is 5. The lowest BCUT2D eigenvalue weighted by Gasteiger charge is -2.37. The van der Waals surface area contributed by atoms with Gasteiger partial charge < -0.3 is 4.90 Å². The summed E-state index contributed by atoms with van der Waals surface area (Å²) in [6, 6.07) is 20.0. The Labute approximate surface area is 192 Å². The van der Waals surface area contributed by atoms with Crippen LogP contribution in [0, 0.1) is 23.0 Å². The lowest BCUT2D eigenvalue weighted by atomic mass is 10.1. The van der Waals surface area contributed by atoms with Gasteiger partial charge in [0.05, 0.1) is 6.07 Å². The third kappa shape index (κ3) is 4.79. The van der Waals surface area contributed by atoms with Crippen molar-refractivity contribution in [3.8, 4) is 17.5 Å². The smallest absolute Gasteiger partial charge is 0.224 e. The van der Waals surface area contributed by atoms with Gasteiger partial charge in [-0.3, -0.25) is 19.4 Å². The van der Waals surface area contributed by atoms with Gasteiger partial charge in [0.25, 0.3) is 0 Å². The largest absolute Gasteiger partial charge is 0.340 e. The van der Waals surface area contributed by atoms with E-state index in [0.29, 0.717) is 43.9 Å². The molecule has 1 unspecified atom stereocenters. The molecule has 164 valence electrons. The SMILES string of the molecule is Cc1ccc(-c2n[nH]c(=S)n2CCC(=O)N2CCN(C(C#N)c3ccccc3)CC2)cc1. The van der Waals surface area contributed by atoms with Gasteiger partial charge in [-0.25, -0.2) is 0 Å². The lowest BCUT2D eigenvalue weighted by molar-refractivity contribution is -0.133. The Morgan fingerprint density at radius 2 is 1.81 bits per heavy atom. The fraction of sp³-hybridized carbons (Fsp3) is 0.333. The highest BCUT2D eigenvalue weighted by molar-refractivity contribution is 7.71. The van der Waals surface area contributed by atoms with Crippen molar-refractivity contribution in [3.63, 3.8) is 0 Å². The molecule has 0 saturated carbocycles. The van der Waals surface area contributed by atoms with Gasteiger partial charge in [0.2, 0.25) is 5.91 Å². The third-order valence-corrected chi connectivity index (χ3v) is 6.20. The normalized spacial score (nSPS) is 15.3. The van der Waals surface area contributed by atoms with Crippen LogP contribution in [0.4, 0.5) is 0 Å². The summed E-state index contributed by atoms with van der Waals surface area (Å²) in [5.41, 5.74) is 3.13. The maximum Gasteiger partial charge on any atom is 0.224 e. The molecule has 8 heteroatoms. The molecule has 32 heavy (non-hydrogen) atoms. The Bertz CT molecular complexity index is 1150. The van der Waals surface area contributed by atoms with Crippen LogP contribution < -0.4 is 0 Å². The van der Waals surface area contributed by atoms with Crippen molar-refractivity contribution < 1.29 is 4.79 Å². The summed E-state index contributed by atoms with van der Waals surface area (Å²) >= 11 is 5.39. The zero-order chi connectivity index (χ0) is 22.5. The Hall–Kier alpha value is -3.28. The molecule has 0 bridgehead atoms. The number of aromatic amines is 1. The number of nitrogens with one attached hydrogen (secondary N) is 1. The minimum absolute atomic E-state index is 0.0934. The first-order valence-electron chi connectivity index (χ1n) is 10.8. The number of hydrogen-bond donors (Lipinski definition) is 1. The number of amides is 1. The van der Waals surface area contributed by atoms with Crippen molar-refractivity contribution in [2.24, 2.45) is 0 Å². The second-order valence-electron chi connectivity index (χ2n) is 7.98. The number of H-pyrrole nitrogens is 1. The highest BCUT2D eigenvalue weighted by Gasteiger charge is 2.27. The van der Waals surface area contributed by atoms with E-state index in [1.165, 1.54) is 5.56 Å². The highest BCUT2D eigenvalue weighted by Crippen LogP contribution is 2.22. The number of aryl methyl sites for hydroxylation is 1. The summed E-state index contributed by atoms with van der Waals surface area (Å²) in [7, 11) is 0. The Balaban J connectivity index is 1.36. The maximum atomic E-state index is 12.9. The van der Waals surface area contributed by atoms with E-state index in [2.05, 4.69) is 21.2 Å². The van der Waals surface area contributed by atoms with Gasteiger partial charge in [-0.2, -0.15) is 10.4 Å². The van der Waals surface area contributed by atoms with E-state index in [4.69, 9.17) is 12.2 Å². The molecular weight excluding hydrogens is 420 g/mol. The second kappa shape index (κ2) is 9.90. The quantitative estimate of drug-likeness (QED) is 0.584. The van der Waals surface area contributed by atoms with E-state index >= 15 is 0 Å². The van der Waals surface area contributed by atoms with Gasteiger partial charge in [-0.05, 0) is 24.7 Å². The first-order valence-corrected chi connectivity index (χ1v) is 11.2. The number of nitriles is 1. The third-order valence-electron chi connectivity index (χ3n) is 5.89. The average molecular weight is 447 g/mol. The summed E-state index contributed by atoms with van der Waals surface area (Å²) in [5.74, 6) is 0.836. The molecule has 0 spiro atoms. The molecule has 4 rings (SSSR count). The first kappa shape index (κ1) is 21.9. The van der Waals surface area contributed by atoms with Gasteiger partial charge >= 0.3 is 0 Å². The molecule has 1 amide bonds. The summed E-state index contributed by atoms with van der Waals surface area (Å²) in [4.78, 5) is 16.9. The predicted octanol–water partition coefficient (Wildman–Crippen LogP) is 3.72. The molecule has 2 heterocycles. The Morgan fingerprint density at radius 3 is 2.47 bits per heavy atom. The van der Waals surface area contributed by atoms with Crippen molar-refractivity contribution >= 4 is 18.1 Å². The van der Waals surface area contributed by atoms with Gasteiger partial charge in [0.1, 0.15) is 6.04 Å². The fourth-order valence-electron chi connectivity index (χ4n) is 4.05. The summed E-state index contributed by atoms with van der Waals surface area (Å²) in [6.07, 6.45) is 0.354. The molecule has 0 aliphatic carbocycles. The molecule has 1 aliphatic heterocycles. The van der Waals surface area contributed by atoms with Crippen LogP contribution in [-0.2, 0) is 11.3 Å². The lowest BCUT2D eigenvalue weighted by Crippen LogP contribution is -2.49. The highest BCUT2D eigenvalue weighted by atomic mass is 32.1. The van der Waals surface area contributed by atoms with Crippen LogP contribution in [0.1, 0.15) is 23.6 Å². The zero-order valence-corrected chi connectivity index (χ0v) is 18.9. The van der Waals surface area contributed by atoms with E-state index < -0.39 is 0 Å². The van der Waals surface area contributed by atoms with Crippen LogP contribution in [0.2, 0.25) is 0 Å². The van der Waals surface area contributed by atoms with Gasteiger partial charge in [0, 0.05) is 44.7 Å². The van der Waals surface area contributed by atoms with E-state index in [-0.39, 0.29) is 11.9 Å². The Morgan fingerprint density at radius 1 is 1.12 bits per heavy atom. The van der Waals surface area contributed by atoms with E-state index in [9.17, 15) is 10.1 Å². The van der Waals surface area contributed by atoms with Crippen LogP contribution in [0.5, 0.6) is 0 Å². The number of carbonyl (C=O) groups is 1. The molecule has 1 fully saturated rings. The maximum absolute atomic E-state index is 12.9. The summed E-state index contributed by atoms with van der Waals surface area (Å²) < 4.78 is 2.40. The van der Waals surface area contributed by atoms with E-state index in [1.807, 2.05) is 71.0 Å². The number of carbonyl (C=O) groups excluding carboxylic acids is 1. The Kier molecular flexibility index (Phi) is 6.78. The second-order valence-corrected chi connectivity index (χ2v) is 8.37. The topological polar surface area (TPSA) is 81.0 Å². The standard InChI is InChI=1S/C24H26N6OS/c1-18-7-9-20(10-8-18)23-26-27-24(32)30(23)12-11-22(31)29-15-13-28(14-16-29)21(17-25)19-5-3-2-4-6-19/h2-10,21H,11-16H2,1H3,(H,27,32). The van der Waals surface area contributed by atoms with Crippen LogP contribution >= 0.6 is 12.2 Å². The summed E-state index contributed by atoms with van der Waals surface area (Å²) in [5, 5.41) is 16.9. The molecule has 0 radical (unpaired) electrons. The van der Waals surface area contributed by atoms with Crippen molar-refractivity contribution in [3.05, 3.63) is 70.5 Å². The van der Waals surface area contributed by atoms with Crippen molar-refractivity contribution in [1.82, 2.24) is 24.6 Å². The number of aromatic nitrogens is 3. The number of piperazine rings is 1. The molecule has 7 nitrogen and oxygen atoms in total. The van der Waals surface area contributed by atoms with Gasteiger partial charge in [0.15, 0.2) is 10.6 Å². The molecule has 1 atom stereocenters. The van der Waals surface area contributed by atoms with E-state index in [0.717, 1.165) is 17.0 Å². The molecule has 1 aromatic heterocycles. The molecule has 1 saturated heterocycles. The summed E-state index contributed by atoms with van der Waals surface area (Å²) in [6.45, 7) is 5.11. The molecule has 1 aliphatic rings. The van der Waals surface area contributed by atoms with Crippen LogP contribution in [-0.4, -0.2) is 56.7 Å². The minimum atomic E-state index is -0.283. The van der Waals surface area contributed by atoms with Crippen LogP contribution in [0.15, 0.2) is 54.6 Å². The number of rotatable bonds is 6. The minimum Gasteiger partial charge on any atom is -0.340 e. The number of nitrogens with zero attached hydrogens (tertiary/aromatic N) is 5. The van der Waals surface area contributed by atoms with Crippen molar-refractivity contribution in [1.29, 1.82) is 5.26 Å². The number of benzene rings is 2. The van der Waals surface area contributed by atoms with Gasteiger partial charge in [-0.1, -0.05) is 60.2 Å². The van der Waals surface area contributed by atoms with E-state index in [1.54, 1.807) is 0 Å². The van der Waals surface area contributed by atoms with Crippen LogP contribution in [0.25, 0.3) is 11.4 Å². The fourth-order valence-corrected chi connectivity index (χ4v) is 4.27. The van der Waals surface area contributed by atoms with Crippen molar-refractivity contribution in [2.75, 3.05) is 26.2 Å². The monoisotopic (exact) mass is 446 g/mol. The van der Waals surface area contributed by atoms with Crippen LogP contribution in [0.3, 0.4) is 0 Å². The molecular formula is C24H26N6OS. The molecule has 1 N–H and O–H groups in total. The van der Waals surface area contributed by atoms with Crippen molar-refractivity contribution in [2.45, 2.75) is 25.9 Å².